The summed E-state index contributed by atoms with van der Waals surface area (Å²) < 4.78 is 0. The number of nitrogens with one attached hydrogen (secondary N) is 2. The molecule has 2 aromatic carbocycles. The summed E-state index contributed by atoms with van der Waals surface area (Å²) in [4.78, 5) is 9.73. The highest BCUT2D eigenvalue weighted by atomic mass is 15.1. The Morgan fingerprint density at radius 3 is 2.64 bits per heavy atom. The van der Waals surface area contributed by atoms with Crippen LogP contribution in [-0.4, -0.2) is 24.1 Å². The Bertz CT molecular complexity index is 824. The lowest BCUT2D eigenvalue weighted by molar-refractivity contribution is 1.09. The minimum absolute atomic E-state index is 0.627. The molecule has 1 heterocycles. The molecule has 0 saturated carbocycles. The first-order valence-electron chi connectivity index (χ1n) is 7.06. The van der Waals surface area contributed by atoms with Crippen LogP contribution in [0.25, 0.3) is 11.0 Å². The summed E-state index contributed by atoms with van der Waals surface area (Å²) in [6.07, 6.45) is 0. The van der Waals surface area contributed by atoms with Gasteiger partial charge in [-0.3, -0.25) is 0 Å². The quantitative estimate of drug-likeness (QED) is 0.775. The summed E-state index contributed by atoms with van der Waals surface area (Å²) in [6, 6.07) is 15.9. The predicted molar refractivity (Wildman–Crippen MR) is 88.9 cm³/mol. The number of nitriles is 1. The molecule has 5 nitrogen and oxygen atoms in total. The Morgan fingerprint density at radius 2 is 1.95 bits per heavy atom. The Morgan fingerprint density at radius 1 is 1.18 bits per heavy atom. The summed E-state index contributed by atoms with van der Waals surface area (Å²) in [5.74, 6) is 0.710. The number of benzene rings is 2. The summed E-state index contributed by atoms with van der Waals surface area (Å²) in [6.45, 7) is 0.693. The van der Waals surface area contributed by atoms with E-state index in [0.29, 0.717) is 18.1 Å². The zero-order valence-corrected chi connectivity index (χ0v) is 12.6. The number of aromatic nitrogens is 2. The van der Waals surface area contributed by atoms with E-state index >= 15 is 0 Å². The molecule has 2 N–H and O–H groups in total. The lowest BCUT2D eigenvalue weighted by Crippen LogP contribution is -2.08. The van der Waals surface area contributed by atoms with Gasteiger partial charge in [0.1, 0.15) is 0 Å². The van der Waals surface area contributed by atoms with Crippen LogP contribution >= 0.6 is 0 Å². The van der Waals surface area contributed by atoms with Gasteiger partial charge in [0.15, 0.2) is 0 Å². The highest BCUT2D eigenvalue weighted by Gasteiger charge is 2.04. The van der Waals surface area contributed by atoms with Gasteiger partial charge >= 0.3 is 0 Å². The lowest BCUT2D eigenvalue weighted by atomic mass is 10.2. The van der Waals surface area contributed by atoms with Gasteiger partial charge in [0.25, 0.3) is 0 Å². The SMILES string of the molecule is CN(C)c1ccc(CNc2nc3ccc(C#N)cc3[nH]2)cc1. The van der Waals surface area contributed by atoms with Gasteiger partial charge in [0.05, 0.1) is 22.7 Å². The van der Waals surface area contributed by atoms with Crippen molar-refractivity contribution in [3.05, 3.63) is 53.6 Å². The molecule has 0 aliphatic rings. The average molecular weight is 291 g/mol. The zero-order chi connectivity index (χ0) is 15.5. The largest absolute Gasteiger partial charge is 0.378 e. The maximum absolute atomic E-state index is 8.91. The summed E-state index contributed by atoms with van der Waals surface area (Å²) in [5, 5.41) is 12.2. The first-order chi connectivity index (χ1) is 10.7. The van der Waals surface area contributed by atoms with Crippen molar-refractivity contribution in [2.75, 3.05) is 24.3 Å². The Hall–Kier alpha value is -3.00. The van der Waals surface area contributed by atoms with Crippen LogP contribution in [0, 0.1) is 11.3 Å². The molecule has 3 aromatic rings. The molecule has 0 bridgehead atoms. The first-order valence-corrected chi connectivity index (χ1v) is 7.06. The number of rotatable bonds is 4. The van der Waals surface area contributed by atoms with Gasteiger partial charge in [-0.05, 0) is 35.9 Å². The number of nitrogens with zero attached hydrogens (tertiary/aromatic N) is 3. The molecule has 0 unspecified atom stereocenters. The van der Waals surface area contributed by atoms with E-state index in [1.165, 1.54) is 11.3 Å². The summed E-state index contributed by atoms with van der Waals surface area (Å²) in [7, 11) is 4.05. The fourth-order valence-corrected chi connectivity index (χ4v) is 2.26. The second-order valence-corrected chi connectivity index (χ2v) is 5.34. The van der Waals surface area contributed by atoms with Crippen molar-refractivity contribution >= 4 is 22.7 Å². The van der Waals surface area contributed by atoms with Crippen LogP contribution in [-0.2, 0) is 6.54 Å². The van der Waals surface area contributed by atoms with Crippen LogP contribution in [0.4, 0.5) is 11.6 Å². The molecule has 3 rings (SSSR count). The number of fused-ring (bicyclic) bond motifs is 1. The van der Waals surface area contributed by atoms with Crippen molar-refractivity contribution in [1.82, 2.24) is 9.97 Å². The first kappa shape index (κ1) is 14.0. The highest BCUT2D eigenvalue weighted by Crippen LogP contribution is 2.17. The molecule has 0 saturated heterocycles. The minimum atomic E-state index is 0.627. The van der Waals surface area contributed by atoms with Crippen LogP contribution in [0.1, 0.15) is 11.1 Å². The molecule has 0 aliphatic carbocycles. The van der Waals surface area contributed by atoms with Crippen LogP contribution in [0.15, 0.2) is 42.5 Å². The molecular weight excluding hydrogens is 274 g/mol. The molecule has 0 aliphatic heterocycles. The van der Waals surface area contributed by atoms with Crippen LogP contribution < -0.4 is 10.2 Å². The maximum atomic E-state index is 8.91. The second kappa shape index (κ2) is 5.78. The van der Waals surface area contributed by atoms with E-state index in [0.717, 1.165) is 11.0 Å². The molecule has 0 radical (unpaired) electrons. The molecular formula is C17H17N5. The summed E-state index contributed by atoms with van der Waals surface area (Å²) in [5.41, 5.74) is 4.70. The van der Waals surface area contributed by atoms with Gasteiger partial charge in [-0.2, -0.15) is 5.26 Å². The number of imidazole rings is 1. The fraction of sp³-hybridized carbons (Fsp3) is 0.176. The van der Waals surface area contributed by atoms with E-state index in [-0.39, 0.29) is 0 Å². The van der Waals surface area contributed by atoms with Crippen molar-refractivity contribution in [2.45, 2.75) is 6.54 Å². The number of anilines is 2. The van der Waals surface area contributed by atoms with E-state index in [4.69, 9.17) is 5.26 Å². The molecule has 110 valence electrons. The van der Waals surface area contributed by atoms with Crippen molar-refractivity contribution in [1.29, 1.82) is 5.26 Å². The zero-order valence-electron chi connectivity index (χ0n) is 12.6. The highest BCUT2D eigenvalue weighted by molar-refractivity contribution is 5.78. The number of hydrogen-bond donors (Lipinski definition) is 2. The monoisotopic (exact) mass is 291 g/mol. The van der Waals surface area contributed by atoms with Crippen LogP contribution in [0.5, 0.6) is 0 Å². The minimum Gasteiger partial charge on any atom is -0.378 e. The smallest absolute Gasteiger partial charge is 0.201 e. The van der Waals surface area contributed by atoms with Crippen LogP contribution in [0.3, 0.4) is 0 Å². The van der Waals surface area contributed by atoms with Gasteiger partial charge < -0.3 is 15.2 Å². The number of hydrogen-bond acceptors (Lipinski definition) is 4. The van der Waals surface area contributed by atoms with E-state index in [1.54, 1.807) is 12.1 Å². The normalized spacial score (nSPS) is 10.4. The van der Waals surface area contributed by atoms with E-state index in [2.05, 4.69) is 50.5 Å². The van der Waals surface area contributed by atoms with Crippen molar-refractivity contribution in [3.63, 3.8) is 0 Å². The van der Waals surface area contributed by atoms with Crippen LogP contribution in [0.2, 0.25) is 0 Å². The standard InChI is InChI=1S/C17H17N5/c1-22(2)14-6-3-12(4-7-14)11-19-17-20-15-8-5-13(10-18)9-16(15)21-17/h3-9H,11H2,1-2H3,(H2,19,20,21). The second-order valence-electron chi connectivity index (χ2n) is 5.34. The average Bonchev–Trinajstić information content (AvgIpc) is 2.95. The van der Waals surface area contributed by atoms with Gasteiger partial charge in [-0.25, -0.2) is 4.98 Å². The third kappa shape index (κ3) is 2.86. The maximum Gasteiger partial charge on any atom is 0.201 e. The van der Waals surface area contributed by atoms with Crippen molar-refractivity contribution in [2.24, 2.45) is 0 Å². The summed E-state index contributed by atoms with van der Waals surface area (Å²) >= 11 is 0. The molecule has 0 amide bonds. The van der Waals surface area contributed by atoms with Crippen molar-refractivity contribution < 1.29 is 0 Å². The van der Waals surface area contributed by atoms with Gasteiger partial charge in [0, 0.05) is 26.3 Å². The third-order valence-corrected chi connectivity index (χ3v) is 3.52. The van der Waals surface area contributed by atoms with E-state index in [9.17, 15) is 0 Å². The molecule has 0 spiro atoms. The predicted octanol–water partition coefficient (Wildman–Crippen LogP) is 3.11. The molecule has 0 atom stereocenters. The Balaban J connectivity index is 1.72. The lowest BCUT2D eigenvalue weighted by Gasteiger charge is -2.12. The molecule has 5 heteroatoms. The Labute approximate surface area is 129 Å². The van der Waals surface area contributed by atoms with E-state index in [1.807, 2.05) is 20.2 Å². The number of H-pyrrole nitrogens is 1. The Kier molecular flexibility index (Phi) is 3.67. The fourth-order valence-electron chi connectivity index (χ4n) is 2.26. The van der Waals surface area contributed by atoms with Gasteiger partial charge in [0.2, 0.25) is 5.95 Å². The molecule has 22 heavy (non-hydrogen) atoms. The van der Waals surface area contributed by atoms with E-state index < -0.39 is 0 Å². The molecule has 1 aromatic heterocycles. The van der Waals surface area contributed by atoms with Gasteiger partial charge in [-0.15, -0.1) is 0 Å². The molecule has 0 fully saturated rings. The third-order valence-electron chi connectivity index (χ3n) is 3.52. The topological polar surface area (TPSA) is 67.7 Å². The van der Waals surface area contributed by atoms with Gasteiger partial charge in [-0.1, -0.05) is 12.1 Å². The van der Waals surface area contributed by atoms with Crippen molar-refractivity contribution in [3.8, 4) is 6.07 Å². The number of aromatic amines is 1.